The van der Waals surface area contributed by atoms with E-state index in [-0.39, 0.29) is 0 Å². The lowest BCUT2D eigenvalue weighted by Crippen LogP contribution is -2.38. The molecule has 0 saturated heterocycles. The summed E-state index contributed by atoms with van der Waals surface area (Å²) in [5, 5.41) is 16.8. The van der Waals surface area contributed by atoms with Gasteiger partial charge in [0.15, 0.2) is 0 Å². The predicted molar refractivity (Wildman–Crippen MR) is 33.1 cm³/mol. The predicted octanol–water partition coefficient (Wildman–Crippen LogP) is -0.874. The summed E-state index contributed by atoms with van der Waals surface area (Å²) in [6.07, 6.45) is 1.55. The smallest absolute Gasteiger partial charge is 0.426 e. The molecule has 0 radical (unpaired) electrons. The molecule has 0 amide bonds. The van der Waals surface area contributed by atoms with Crippen molar-refractivity contribution in [2.75, 3.05) is 0 Å². The van der Waals surface area contributed by atoms with Crippen LogP contribution in [0.25, 0.3) is 0 Å². The molecule has 0 fully saturated rings. The molecule has 0 aromatic carbocycles. The molecule has 0 aliphatic heterocycles. The van der Waals surface area contributed by atoms with Crippen LogP contribution in [-0.2, 0) is 0 Å². The molecule has 0 heterocycles. The largest absolute Gasteiger partial charge is 0.469 e. The molecule has 0 aromatic heterocycles. The highest BCUT2D eigenvalue weighted by Crippen LogP contribution is 1.92. The van der Waals surface area contributed by atoms with Crippen LogP contribution in [0.15, 0.2) is 0 Å². The lowest BCUT2D eigenvalue weighted by Gasteiger charge is -2.05. The molecule has 0 aliphatic rings. The third-order valence-electron chi connectivity index (χ3n) is 1.00. The van der Waals surface area contributed by atoms with Crippen molar-refractivity contribution in [3.63, 3.8) is 0 Å². The van der Waals surface area contributed by atoms with E-state index in [0.29, 0.717) is 6.42 Å². The Morgan fingerprint density at radius 1 is 1.62 bits per heavy atom. The normalized spacial score (nSPS) is 13.5. The van der Waals surface area contributed by atoms with Crippen LogP contribution in [0.1, 0.15) is 19.8 Å². The van der Waals surface area contributed by atoms with Gasteiger partial charge in [-0.2, -0.15) is 0 Å². The second kappa shape index (κ2) is 3.89. The highest BCUT2D eigenvalue weighted by molar-refractivity contribution is 6.43. The SMILES string of the molecule is CCC[C@H](N)B(O)O. The Balaban J connectivity index is 3.17. The molecule has 0 saturated carbocycles. The average molecular weight is 117 g/mol. The van der Waals surface area contributed by atoms with Crippen LogP contribution in [0.4, 0.5) is 0 Å². The van der Waals surface area contributed by atoms with E-state index >= 15 is 0 Å². The van der Waals surface area contributed by atoms with E-state index in [2.05, 4.69) is 0 Å². The van der Waals surface area contributed by atoms with Gasteiger partial charge < -0.3 is 15.8 Å². The van der Waals surface area contributed by atoms with Gasteiger partial charge in [-0.05, 0) is 6.42 Å². The van der Waals surface area contributed by atoms with Gasteiger partial charge in [-0.25, -0.2) is 0 Å². The highest BCUT2D eigenvalue weighted by Gasteiger charge is 2.16. The Morgan fingerprint density at radius 3 is 2.25 bits per heavy atom. The Hall–Kier alpha value is -0.0551. The summed E-state index contributed by atoms with van der Waals surface area (Å²) in [7, 11) is -1.35. The first-order valence-corrected chi connectivity index (χ1v) is 2.80. The minimum absolute atomic E-state index is 0.472. The van der Waals surface area contributed by atoms with E-state index in [9.17, 15) is 0 Å². The molecule has 0 aromatic rings. The molecule has 8 heavy (non-hydrogen) atoms. The number of hydrogen-bond acceptors (Lipinski definition) is 3. The first-order chi connectivity index (χ1) is 3.68. The molecule has 48 valence electrons. The van der Waals surface area contributed by atoms with E-state index in [1.165, 1.54) is 0 Å². The van der Waals surface area contributed by atoms with Gasteiger partial charge in [0, 0.05) is 5.94 Å². The molecule has 0 aliphatic carbocycles. The summed E-state index contributed by atoms with van der Waals surface area (Å²) >= 11 is 0. The zero-order valence-electron chi connectivity index (χ0n) is 5.04. The second-order valence-corrected chi connectivity index (χ2v) is 1.87. The minimum atomic E-state index is -1.35. The summed E-state index contributed by atoms with van der Waals surface area (Å²) in [6, 6.07) is 0. The van der Waals surface area contributed by atoms with Crippen molar-refractivity contribution in [2.45, 2.75) is 25.7 Å². The van der Waals surface area contributed by atoms with Crippen LogP contribution in [0.3, 0.4) is 0 Å². The van der Waals surface area contributed by atoms with Crippen LogP contribution in [0, 0.1) is 0 Å². The van der Waals surface area contributed by atoms with Gasteiger partial charge in [-0.1, -0.05) is 13.3 Å². The van der Waals surface area contributed by atoms with E-state index in [4.69, 9.17) is 15.8 Å². The van der Waals surface area contributed by atoms with Crippen molar-refractivity contribution >= 4 is 7.12 Å². The Labute approximate surface area is 49.7 Å². The van der Waals surface area contributed by atoms with Crippen LogP contribution in [0.5, 0.6) is 0 Å². The van der Waals surface area contributed by atoms with Gasteiger partial charge >= 0.3 is 7.12 Å². The lowest BCUT2D eigenvalue weighted by molar-refractivity contribution is 0.381. The standard InChI is InChI=1S/C4H12BNO2/c1-2-3-4(6)5(7)8/h4,7-8H,2-3,6H2,1H3/t4-/m0/s1. The van der Waals surface area contributed by atoms with Crippen LogP contribution >= 0.6 is 0 Å². The van der Waals surface area contributed by atoms with Crippen LogP contribution in [0.2, 0.25) is 0 Å². The van der Waals surface area contributed by atoms with E-state index in [1.54, 1.807) is 0 Å². The Kier molecular flexibility index (Phi) is 3.86. The molecule has 0 unspecified atom stereocenters. The third kappa shape index (κ3) is 3.01. The third-order valence-corrected chi connectivity index (χ3v) is 1.00. The summed E-state index contributed by atoms with van der Waals surface area (Å²) in [4.78, 5) is 0. The zero-order valence-corrected chi connectivity index (χ0v) is 5.04. The van der Waals surface area contributed by atoms with E-state index in [1.807, 2.05) is 6.92 Å². The van der Waals surface area contributed by atoms with Crippen LogP contribution in [-0.4, -0.2) is 23.1 Å². The first-order valence-electron chi connectivity index (χ1n) is 2.80. The quantitative estimate of drug-likeness (QED) is 0.420. The second-order valence-electron chi connectivity index (χ2n) is 1.87. The molecule has 0 bridgehead atoms. The zero-order chi connectivity index (χ0) is 6.57. The van der Waals surface area contributed by atoms with Crippen molar-refractivity contribution in [3.8, 4) is 0 Å². The number of nitrogens with two attached hydrogens (primary N) is 1. The number of hydrogen-bond donors (Lipinski definition) is 3. The Morgan fingerprint density at radius 2 is 2.12 bits per heavy atom. The summed E-state index contributed by atoms with van der Waals surface area (Å²) in [5.41, 5.74) is 5.23. The Bertz CT molecular complexity index is 60.0. The van der Waals surface area contributed by atoms with Gasteiger partial charge in [-0.15, -0.1) is 0 Å². The summed E-state index contributed by atoms with van der Waals surface area (Å²) < 4.78 is 0. The molecular formula is C4H12BNO2. The molecule has 4 heteroatoms. The minimum Gasteiger partial charge on any atom is -0.426 e. The van der Waals surface area contributed by atoms with Crippen molar-refractivity contribution in [3.05, 3.63) is 0 Å². The van der Waals surface area contributed by atoms with Gasteiger partial charge in [0.05, 0.1) is 0 Å². The van der Waals surface area contributed by atoms with Gasteiger partial charge in [0.25, 0.3) is 0 Å². The highest BCUT2D eigenvalue weighted by atomic mass is 16.4. The molecule has 4 N–H and O–H groups in total. The number of rotatable bonds is 3. The lowest BCUT2D eigenvalue weighted by atomic mass is 9.78. The van der Waals surface area contributed by atoms with E-state index < -0.39 is 13.1 Å². The van der Waals surface area contributed by atoms with Gasteiger partial charge in [0.2, 0.25) is 0 Å². The van der Waals surface area contributed by atoms with Crippen molar-refractivity contribution in [2.24, 2.45) is 5.73 Å². The van der Waals surface area contributed by atoms with Gasteiger partial charge in [0.1, 0.15) is 0 Å². The molecule has 1 atom stereocenters. The first kappa shape index (κ1) is 7.94. The maximum Gasteiger partial charge on any atom is 0.469 e. The average Bonchev–Trinajstić information content (AvgIpc) is 1.67. The topological polar surface area (TPSA) is 66.5 Å². The van der Waals surface area contributed by atoms with Crippen molar-refractivity contribution in [1.82, 2.24) is 0 Å². The fourth-order valence-electron chi connectivity index (χ4n) is 0.482. The maximum absolute atomic E-state index is 8.38. The monoisotopic (exact) mass is 117 g/mol. The van der Waals surface area contributed by atoms with Crippen LogP contribution < -0.4 is 5.73 Å². The van der Waals surface area contributed by atoms with Crippen molar-refractivity contribution < 1.29 is 10.0 Å². The van der Waals surface area contributed by atoms with E-state index in [0.717, 1.165) is 6.42 Å². The fraction of sp³-hybridized carbons (Fsp3) is 1.00. The summed E-state index contributed by atoms with van der Waals surface area (Å²) in [6.45, 7) is 1.95. The fourth-order valence-corrected chi connectivity index (χ4v) is 0.482. The summed E-state index contributed by atoms with van der Waals surface area (Å²) in [5.74, 6) is -0.472. The van der Waals surface area contributed by atoms with Crippen molar-refractivity contribution in [1.29, 1.82) is 0 Å². The molecule has 0 spiro atoms. The van der Waals surface area contributed by atoms with Gasteiger partial charge in [-0.3, -0.25) is 0 Å². The molecular weight excluding hydrogens is 105 g/mol. The molecule has 3 nitrogen and oxygen atoms in total. The maximum atomic E-state index is 8.38. The molecule has 0 rings (SSSR count).